The Hall–Kier alpha value is -2.79. The number of allylic oxidation sites excluding steroid dienone is 2. The predicted molar refractivity (Wildman–Crippen MR) is 462 cm³/mol. The molecule has 10 N–H and O–H groups in total. The number of carbonyl (C=O) groups is 4. The molecule has 119 heavy (non-hydrogen) atoms. The lowest BCUT2D eigenvalue weighted by atomic mass is 9.84. The smallest absolute Gasteiger partial charge is 0.463 e. The molecule has 0 aromatic carbocycles. The second kappa shape index (κ2) is 70.3. The average molecular weight is 1720 g/mol. The zero-order valence-corrected chi connectivity index (χ0v) is 75.9. The van der Waals surface area contributed by atoms with Crippen LogP contribution in [-0.2, 0) is 70.7 Å². The van der Waals surface area contributed by atoms with Gasteiger partial charge in [0.25, 0.3) is 0 Å². The summed E-state index contributed by atoms with van der Waals surface area (Å²) in [4.78, 5) is 66.6. The minimum absolute atomic E-state index is 0.00531. The van der Waals surface area contributed by atoms with Crippen LogP contribution in [0.5, 0.6) is 0 Å². The van der Waals surface area contributed by atoms with Gasteiger partial charge in [0.2, 0.25) is 0 Å². The molecule has 1 saturated carbocycles. The highest BCUT2D eigenvalue weighted by molar-refractivity contribution is 7.47. The van der Waals surface area contributed by atoms with Crippen LogP contribution in [0.15, 0.2) is 12.2 Å². The molecule has 2 aliphatic heterocycles. The van der Waals surface area contributed by atoms with Crippen LogP contribution in [0.25, 0.3) is 0 Å². The first-order chi connectivity index (χ1) is 57.5. The highest BCUT2D eigenvalue weighted by Gasteiger charge is 2.60. The van der Waals surface area contributed by atoms with Crippen LogP contribution in [0.2, 0.25) is 0 Å². The largest absolute Gasteiger partial charge is 0.472 e. The van der Waals surface area contributed by atoms with Crippen molar-refractivity contribution in [3.8, 4) is 0 Å². The quantitative estimate of drug-likeness (QED) is 0.00889. The van der Waals surface area contributed by atoms with Gasteiger partial charge >= 0.3 is 31.7 Å². The molecule has 0 spiro atoms. The topological polar surface area (TPSA) is 380 Å². The highest BCUT2D eigenvalue weighted by atomic mass is 31.2. The van der Waals surface area contributed by atoms with Crippen molar-refractivity contribution in [1.82, 2.24) is 0 Å². The van der Waals surface area contributed by atoms with Gasteiger partial charge in [-0.15, -0.1) is 0 Å². The number of rotatable bonds is 77. The van der Waals surface area contributed by atoms with Crippen molar-refractivity contribution in [2.75, 3.05) is 26.4 Å². The van der Waals surface area contributed by atoms with Gasteiger partial charge in [-0.3, -0.25) is 28.2 Å². The van der Waals surface area contributed by atoms with E-state index in [2.05, 4.69) is 53.7 Å². The summed E-state index contributed by atoms with van der Waals surface area (Å²) in [6.45, 7) is 10.2. The molecule has 1 aliphatic carbocycles. The fraction of sp³-hybridized carbons (Fsp3) is 0.935. The van der Waals surface area contributed by atoms with E-state index in [1.54, 1.807) is 0 Å². The number of hydrogen-bond acceptors (Lipinski definition) is 24. The number of aliphatic hydroxyl groups excluding tert-OH is 9. The molecule has 26 heteroatoms. The molecule has 2 heterocycles. The van der Waals surface area contributed by atoms with Crippen molar-refractivity contribution in [2.24, 2.45) is 11.8 Å². The van der Waals surface area contributed by atoms with Gasteiger partial charge in [0.05, 0.1) is 13.2 Å². The van der Waals surface area contributed by atoms with Crippen LogP contribution in [0.1, 0.15) is 414 Å². The van der Waals surface area contributed by atoms with Crippen LogP contribution in [0.4, 0.5) is 0 Å². The maximum atomic E-state index is 14.9. The predicted octanol–water partition coefficient (Wildman–Crippen LogP) is 18.0. The summed E-state index contributed by atoms with van der Waals surface area (Å²) in [5.41, 5.74) is 0. The lowest BCUT2D eigenvalue weighted by molar-refractivity contribution is -0.360. The summed E-state index contributed by atoms with van der Waals surface area (Å²) in [6, 6.07) is 0. The van der Waals surface area contributed by atoms with Crippen molar-refractivity contribution in [3.63, 3.8) is 0 Å². The normalized spacial score (nSPS) is 25.4. The Labute approximate surface area is 718 Å². The van der Waals surface area contributed by atoms with Gasteiger partial charge < -0.3 is 88.7 Å². The molecule has 3 aliphatic rings. The molecule has 2 saturated heterocycles. The maximum Gasteiger partial charge on any atom is 0.472 e. The Morgan fingerprint density at radius 2 is 0.681 bits per heavy atom. The maximum absolute atomic E-state index is 14.9. The van der Waals surface area contributed by atoms with Crippen molar-refractivity contribution in [2.45, 2.75) is 518 Å². The third kappa shape index (κ3) is 51.0. The molecular weight excluding hydrogens is 1550 g/mol. The number of esters is 4. The Kier molecular flexibility index (Phi) is 65.2. The molecule has 20 unspecified atom stereocenters. The number of aliphatic hydroxyl groups is 9. The molecule has 0 bridgehead atoms. The van der Waals surface area contributed by atoms with Gasteiger partial charge in [-0.25, -0.2) is 4.57 Å². The SMILES string of the molecule is CCCCCCCC/C=C\CCCCCC(=O)OCC1OC(OC2C(OC(=O)CCCCCCCCC(C)CCCCCCCC)C(O)C(O)C(OC3OC(CO)C(O)C(O)C3O)C2OP(=O)(O)OCC(COC(=O)CCCCCCCCCCCCCCCCC)OC(=O)CCCCCCCCC(C)CCCCCCCC)C(O)C(O)C1O. The van der Waals surface area contributed by atoms with Gasteiger partial charge in [0.15, 0.2) is 24.8 Å². The second-order valence-corrected chi connectivity index (χ2v) is 36.5. The fourth-order valence-corrected chi connectivity index (χ4v) is 17.2. The molecule has 0 amide bonds. The minimum Gasteiger partial charge on any atom is -0.463 e. The Morgan fingerprint density at radius 3 is 1.09 bits per heavy atom. The summed E-state index contributed by atoms with van der Waals surface area (Å²) in [6.07, 6.45) is 26.4. The van der Waals surface area contributed by atoms with E-state index in [0.29, 0.717) is 50.4 Å². The summed E-state index contributed by atoms with van der Waals surface area (Å²) in [5.74, 6) is -1.68. The van der Waals surface area contributed by atoms with Gasteiger partial charge in [0.1, 0.15) is 92.6 Å². The van der Waals surface area contributed by atoms with Crippen molar-refractivity contribution in [1.29, 1.82) is 0 Å². The fourth-order valence-electron chi connectivity index (χ4n) is 16.2. The zero-order chi connectivity index (χ0) is 87.1. The van der Waals surface area contributed by atoms with E-state index >= 15 is 0 Å². The van der Waals surface area contributed by atoms with E-state index in [9.17, 15) is 74.6 Å². The molecule has 25 nitrogen and oxygen atoms in total. The number of hydrogen-bond donors (Lipinski definition) is 10. The molecule has 700 valence electrons. The minimum atomic E-state index is -5.81. The van der Waals surface area contributed by atoms with Crippen molar-refractivity contribution in [3.05, 3.63) is 12.2 Å². The van der Waals surface area contributed by atoms with Crippen LogP contribution < -0.4 is 0 Å². The molecule has 3 rings (SSSR count). The van der Waals surface area contributed by atoms with Gasteiger partial charge in [-0.2, -0.15) is 0 Å². The molecule has 0 radical (unpaired) electrons. The van der Waals surface area contributed by atoms with Gasteiger partial charge in [-0.05, 0) is 63.2 Å². The number of unbranched alkanes of at least 4 members (excludes halogenated alkanes) is 43. The number of phosphoric acid groups is 1. The van der Waals surface area contributed by atoms with Crippen LogP contribution in [-0.4, -0.2) is 205 Å². The molecule has 0 aromatic heterocycles. The van der Waals surface area contributed by atoms with E-state index in [0.717, 1.165) is 122 Å². The van der Waals surface area contributed by atoms with Crippen LogP contribution in [0.3, 0.4) is 0 Å². The Morgan fingerprint density at radius 1 is 0.353 bits per heavy atom. The second-order valence-electron chi connectivity index (χ2n) is 35.1. The highest BCUT2D eigenvalue weighted by Crippen LogP contribution is 2.49. The van der Waals surface area contributed by atoms with Gasteiger partial charge in [0, 0.05) is 25.7 Å². The monoisotopic (exact) mass is 1720 g/mol. The van der Waals surface area contributed by atoms with Gasteiger partial charge in [-0.1, -0.05) is 349 Å². The third-order valence-corrected chi connectivity index (χ3v) is 25.0. The lowest BCUT2D eigenvalue weighted by Gasteiger charge is -2.50. The molecule has 3 fully saturated rings. The molecule has 20 atom stereocenters. The standard InChI is InChI=1S/C93H173O25P/c1-7-11-15-19-23-25-27-29-30-32-34-35-37-47-55-63-76(95)109-68-73(112-78(97)65-57-49-41-39-45-53-61-71(5)59-51-43-21-17-13-9-3)69-111-119(107,108)118-91-89(116-92-86(105)82(101)80(99)74(67-94)113-92)85(104)84(103)88(115-79(98)66-58-50-42-40-46-54-62-72(6)60-52-44-22-18-14-10-4)90(91)117-93-87(106)83(102)81(100)75(114-93)70-110-77(96)64-56-48-38-36-33-31-28-26-24-20-16-12-8-2/h31,33,71-75,80-94,99-106H,7-30,32,34-70H2,1-6H3,(H,107,108)/b33-31-. The molecular formula is C93H173O25P. The first-order valence-corrected chi connectivity index (χ1v) is 49.7. The van der Waals surface area contributed by atoms with Crippen LogP contribution in [0, 0.1) is 11.8 Å². The summed E-state index contributed by atoms with van der Waals surface area (Å²) >= 11 is 0. The lowest BCUT2D eigenvalue weighted by Crippen LogP contribution is -2.70. The number of carbonyl (C=O) groups excluding carboxylic acids is 4. The third-order valence-electron chi connectivity index (χ3n) is 24.1. The van der Waals surface area contributed by atoms with E-state index in [4.69, 9.17) is 46.9 Å². The van der Waals surface area contributed by atoms with E-state index in [1.165, 1.54) is 186 Å². The number of phosphoric ester groups is 1. The summed E-state index contributed by atoms with van der Waals surface area (Å²) in [5, 5.41) is 102. The first-order valence-electron chi connectivity index (χ1n) is 48.2. The molecule has 0 aromatic rings. The first kappa shape index (κ1) is 110. The summed E-state index contributed by atoms with van der Waals surface area (Å²) < 4.78 is 73.6. The van der Waals surface area contributed by atoms with Crippen LogP contribution >= 0.6 is 7.82 Å². The average Bonchev–Trinajstić information content (AvgIpc) is 0.753. The van der Waals surface area contributed by atoms with E-state index in [1.807, 2.05) is 0 Å². The summed E-state index contributed by atoms with van der Waals surface area (Å²) in [7, 11) is -5.81. The Bertz CT molecular complexity index is 2550. The zero-order valence-electron chi connectivity index (χ0n) is 75.0. The van der Waals surface area contributed by atoms with Crippen molar-refractivity contribution >= 4 is 31.7 Å². The van der Waals surface area contributed by atoms with E-state index < -0.39 is 162 Å². The Balaban J connectivity index is 1.93. The number of ether oxygens (including phenoxy) is 8. The van der Waals surface area contributed by atoms with E-state index in [-0.39, 0.29) is 25.7 Å². The van der Waals surface area contributed by atoms with Crippen molar-refractivity contribution < 1.29 is 122 Å².